The summed E-state index contributed by atoms with van der Waals surface area (Å²) in [6, 6.07) is 1.73. The Hall–Kier alpha value is -2.72. The lowest BCUT2D eigenvalue weighted by molar-refractivity contribution is -0.213. The van der Waals surface area contributed by atoms with Crippen molar-refractivity contribution in [3.63, 3.8) is 0 Å². The number of carbonyl (C=O) groups is 4. The van der Waals surface area contributed by atoms with Gasteiger partial charge in [0, 0.05) is 31.9 Å². The number of hydrogen-bond donors (Lipinski definition) is 0. The van der Waals surface area contributed by atoms with Gasteiger partial charge in [0.2, 0.25) is 0 Å². The van der Waals surface area contributed by atoms with Crippen LogP contribution in [0.25, 0.3) is 0 Å². The Morgan fingerprint density at radius 1 is 1.17 bits per heavy atom. The zero-order valence-electron chi connectivity index (χ0n) is 20.4. The van der Waals surface area contributed by atoms with Crippen LogP contribution in [0.5, 0.6) is 0 Å². The van der Waals surface area contributed by atoms with Crippen molar-refractivity contribution in [2.75, 3.05) is 20.7 Å². The van der Waals surface area contributed by atoms with Crippen molar-refractivity contribution in [2.45, 2.75) is 58.7 Å². The second kappa shape index (κ2) is 9.73. The summed E-state index contributed by atoms with van der Waals surface area (Å²) in [7, 11) is 1.45. The molecule has 7 atom stereocenters. The van der Waals surface area contributed by atoms with Gasteiger partial charge >= 0.3 is 17.9 Å². The average molecular weight is 493 g/mol. The highest BCUT2D eigenvalue weighted by Gasteiger charge is 2.67. The van der Waals surface area contributed by atoms with Gasteiger partial charge in [-0.15, -0.1) is 0 Å². The minimum atomic E-state index is -1.11. The fraction of sp³-hybridized carbons (Fsp3) is 0.680. The van der Waals surface area contributed by atoms with Gasteiger partial charge in [0.1, 0.15) is 12.9 Å². The largest absolute Gasteiger partial charge is 0.472 e. The highest BCUT2D eigenvalue weighted by atomic mass is 16.7. The van der Waals surface area contributed by atoms with E-state index in [-0.39, 0.29) is 31.8 Å². The number of rotatable bonds is 7. The molecule has 0 spiro atoms. The van der Waals surface area contributed by atoms with Gasteiger partial charge < -0.3 is 28.1 Å². The van der Waals surface area contributed by atoms with Crippen molar-refractivity contribution in [1.82, 2.24) is 0 Å². The Morgan fingerprint density at radius 2 is 1.94 bits per heavy atom. The highest BCUT2D eigenvalue weighted by molar-refractivity contribution is 5.93. The van der Waals surface area contributed by atoms with Crippen molar-refractivity contribution in [3.8, 4) is 0 Å². The topological polar surface area (TPSA) is 128 Å². The maximum Gasteiger partial charge on any atom is 0.311 e. The van der Waals surface area contributed by atoms with Crippen LogP contribution in [0.15, 0.2) is 23.0 Å². The smallest absolute Gasteiger partial charge is 0.311 e. The standard InChI is InChI=1S/C25H32O10/c1-14(26)34-18-9-17(22(28)33-13-32-12-30-4)24(2)7-5-16-23(29)35-19(15-6-8-31-11-15)10-25(16,3)21(24)20(18)27/h6,8,11,16-19,21H,5,7,9-10,12-13H2,1-4H3/t16-,17-,18-,19-,21?,24-,25-/m0/s1. The Morgan fingerprint density at radius 3 is 2.60 bits per heavy atom. The molecule has 10 nitrogen and oxygen atoms in total. The first-order valence-corrected chi connectivity index (χ1v) is 11.8. The summed E-state index contributed by atoms with van der Waals surface area (Å²) in [6.07, 6.45) is 2.64. The molecule has 1 unspecified atom stereocenters. The third-order valence-corrected chi connectivity index (χ3v) is 8.10. The summed E-state index contributed by atoms with van der Waals surface area (Å²) >= 11 is 0. The lowest BCUT2D eigenvalue weighted by Gasteiger charge is -2.61. The summed E-state index contributed by atoms with van der Waals surface area (Å²) in [6.45, 7) is 4.70. The number of ketones is 1. The van der Waals surface area contributed by atoms with E-state index in [2.05, 4.69) is 0 Å². The number of Topliss-reactive ketones (excluding diaryl/α,β-unsaturated/α-hetero) is 1. The number of esters is 3. The Balaban J connectivity index is 1.70. The molecule has 1 aromatic rings. The van der Waals surface area contributed by atoms with Gasteiger partial charge in [0.15, 0.2) is 18.7 Å². The number of furan rings is 1. The minimum Gasteiger partial charge on any atom is -0.472 e. The third kappa shape index (κ3) is 4.49. The van der Waals surface area contributed by atoms with E-state index in [1.807, 2.05) is 13.8 Å². The van der Waals surface area contributed by atoms with E-state index < -0.39 is 52.7 Å². The maximum absolute atomic E-state index is 13.9. The van der Waals surface area contributed by atoms with Crippen molar-refractivity contribution >= 4 is 23.7 Å². The SMILES string of the molecule is COCOCOC(=O)[C@@H]1C[C@H](OC(C)=O)C(=O)C2[C@@]1(C)CC[C@H]1C(=O)O[C@H](c3ccoc3)C[C@]21C. The van der Waals surface area contributed by atoms with Crippen LogP contribution < -0.4 is 0 Å². The lowest BCUT2D eigenvalue weighted by atomic mass is 9.43. The van der Waals surface area contributed by atoms with E-state index in [0.717, 1.165) is 0 Å². The second-order valence-electron chi connectivity index (χ2n) is 10.2. The van der Waals surface area contributed by atoms with Gasteiger partial charge in [-0.3, -0.25) is 19.2 Å². The summed E-state index contributed by atoms with van der Waals surface area (Å²) < 4.78 is 31.6. The van der Waals surface area contributed by atoms with Crippen LogP contribution in [0.1, 0.15) is 58.1 Å². The van der Waals surface area contributed by atoms with Crippen LogP contribution in [-0.2, 0) is 42.9 Å². The fourth-order valence-electron chi connectivity index (χ4n) is 6.64. The van der Waals surface area contributed by atoms with Crippen LogP contribution in [-0.4, -0.2) is 50.5 Å². The molecule has 10 heteroatoms. The molecule has 4 rings (SSSR count). The van der Waals surface area contributed by atoms with Gasteiger partial charge in [-0.25, -0.2) is 0 Å². The highest BCUT2D eigenvalue weighted by Crippen LogP contribution is 2.65. The molecule has 2 heterocycles. The van der Waals surface area contributed by atoms with E-state index in [4.69, 9.17) is 28.1 Å². The van der Waals surface area contributed by atoms with Crippen molar-refractivity contribution in [1.29, 1.82) is 0 Å². The van der Waals surface area contributed by atoms with Crippen LogP contribution >= 0.6 is 0 Å². The van der Waals surface area contributed by atoms with Gasteiger partial charge in [-0.2, -0.15) is 0 Å². The first-order valence-electron chi connectivity index (χ1n) is 11.8. The van der Waals surface area contributed by atoms with Crippen LogP contribution in [0.2, 0.25) is 0 Å². The lowest BCUT2D eigenvalue weighted by Crippen LogP contribution is -2.64. The van der Waals surface area contributed by atoms with Crippen LogP contribution in [0, 0.1) is 28.6 Å². The quantitative estimate of drug-likeness (QED) is 0.242. The molecule has 0 bridgehead atoms. The van der Waals surface area contributed by atoms with E-state index in [1.165, 1.54) is 26.6 Å². The third-order valence-electron chi connectivity index (χ3n) is 8.10. The molecule has 1 aromatic heterocycles. The molecule has 2 saturated carbocycles. The van der Waals surface area contributed by atoms with Crippen molar-refractivity contribution in [2.24, 2.45) is 28.6 Å². The molecular formula is C25H32O10. The predicted octanol–water partition coefficient (Wildman–Crippen LogP) is 2.95. The summed E-state index contributed by atoms with van der Waals surface area (Å²) in [4.78, 5) is 52.1. The molecule has 3 fully saturated rings. The first-order chi connectivity index (χ1) is 16.6. The van der Waals surface area contributed by atoms with Crippen LogP contribution in [0.3, 0.4) is 0 Å². The average Bonchev–Trinajstić information content (AvgIpc) is 3.32. The molecule has 35 heavy (non-hydrogen) atoms. The number of hydrogen-bond acceptors (Lipinski definition) is 10. The Kier molecular flexibility index (Phi) is 7.06. The molecule has 0 amide bonds. The Bertz CT molecular complexity index is 971. The van der Waals surface area contributed by atoms with Crippen molar-refractivity contribution in [3.05, 3.63) is 24.2 Å². The Labute approximate surface area is 203 Å². The fourth-order valence-corrected chi connectivity index (χ4v) is 6.64. The number of cyclic esters (lactones) is 1. The zero-order chi connectivity index (χ0) is 25.4. The molecular weight excluding hydrogens is 460 g/mol. The normalized spacial score (nSPS) is 36.5. The molecule has 0 radical (unpaired) electrons. The molecule has 0 aromatic carbocycles. The van der Waals surface area contributed by atoms with E-state index >= 15 is 0 Å². The van der Waals surface area contributed by atoms with Crippen molar-refractivity contribution < 1.29 is 47.3 Å². The molecule has 2 aliphatic carbocycles. The van der Waals surface area contributed by atoms with E-state index in [9.17, 15) is 19.2 Å². The molecule has 192 valence electrons. The van der Waals surface area contributed by atoms with Gasteiger partial charge in [0.05, 0.1) is 24.4 Å². The van der Waals surface area contributed by atoms with Crippen LogP contribution in [0.4, 0.5) is 0 Å². The summed E-state index contributed by atoms with van der Waals surface area (Å²) in [5.41, 5.74) is -0.933. The maximum atomic E-state index is 13.9. The molecule has 3 aliphatic rings. The van der Waals surface area contributed by atoms with Gasteiger partial charge in [-0.1, -0.05) is 13.8 Å². The first kappa shape index (κ1) is 25.4. The minimum absolute atomic E-state index is 0.0187. The number of ether oxygens (including phenoxy) is 5. The number of fused-ring (bicyclic) bond motifs is 3. The van der Waals surface area contributed by atoms with E-state index in [0.29, 0.717) is 24.8 Å². The summed E-state index contributed by atoms with van der Waals surface area (Å²) in [5.74, 6) is -3.78. The monoisotopic (exact) mass is 492 g/mol. The summed E-state index contributed by atoms with van der Waals surface area (Å²) in [5, 5.41) is 0. The van der Waals surface area contributed by atoms with Gasteiger partial charge in [-0.05, 0) is 36.2 Å². The number of carbonyl (C=O) groups excluding carboxylic acids is 4. The predicted molar refractivity (Wildman–Crippen MR) is 117 cm³/mol. The zero-order valence-corrected chi connectivity index (χ0v) is 20.4. The molecule has 0 N–H and O–H groups in total. The number of methoxy groups -OCH3 is 1. The van der Waals surface area contributed by atoms with Gasteiger partial charge in [0.25, 0.3) is 0 Å². The second-order valence-corrected chi connectivity index (χ2v) is 10.2. The molecule has 1 saturated heterocycles. The molecule has 1 aliphatic heterocycles. The van der Waals surface area contributed by atoms with E-state index in [1.54, 1.807) is 6.07 Å².